The van der Waals surface area contributed by atoms with Crippen LogP contribution in [0.2, 0.25) is 0 Å². The third-order valence-corrected chi connectivity index (χ3v) is 8.87. The van der Waals surface area contributed by atoms with E-state index >= 15 is 0 Å². The van der Waals surface area contributed by atoms with Crippen LogP contribution in [0.4, 0.5) is 5.69 Å². The summed E-state index contributed by atoms with van der Waals surface area (Å²) in [6.45, 7) is 3.68. The second-order valence-electron chi connectivity index (χ2n) is 6.29. The molecule has 3 rings (SSSR count). The Balaban J connectivity index is 1.97. The first kappa shape index (κ1) is 20.2. The summed E-state index contributed by atoms with van der Waals surface area (Å²) >= 11 is 2.63. The summed E-state index contributed by atoms with van der Waals surface area (Å²) in [5.41, 5.74) is 0.926. The summed E-state index contributed by atoms with van der Waals surface area (Å²) < 4.78 is 32.2. The van der Waals surface area contributed by atoms with E-state index in [1.807, 2.05) is 12.3 Å². The van der Waals surface area contributed by atoms with Gasteiger partial charge < -0.3 is 14.5 Å². The number of hydrogen-bond donors (Lipinski definition) is 1. The lowest BCUT2D eigenvalue weighted by Crippen LogP contribution is -2.44. The summed E-state index contributed by atoms with van der Waals surface area (Å²) in [6, 6.07) is 8.69. The van der Waals surface area contributed by atoms with Crippen LogP contribution in [0.15, 0.2) is 44.3 Å². The van der Waals surface area contributed by atoms with E-state index in [4.69, 9.17) is 10.1 Å². The summed E-state index contributed by atoms with van der Waals surface area (Å²) in [5, 5.41) is 7.83. The SMILES string of the molecule is COC(=N)c1cc(S(=O)(=O)c2cccc(N3CCN(C)CC3)c2)c(SC)s1. The Morgan fingerprint density at radius 2 is 1.93 bits per heavy atom. The van der Waals surface area contributed by atoms with E-state index in [9.17, 15) is 8.42 Å². The highest BCUT2D eigenvalue weighted by Crippen LogP contribution is 2.37. The summed E-state index contributed by atoms with van der Waals surface area (Å²) in [6.07, 6.45) is 1.84. The minimum atomic E-state index is -3.67. The molecule has 0 bridgehead atoms. The molecule has 1 fully saturated rings. The molecule has 0 unspecified atom stereocenters. The predicted octanol–water partition coefficient (Wildman–Crippen LogP) is 3.03. The van der Waals surface area contributed by atoms with Gasteiger partial charge in [-0.3, -0.25) is 5.41 Å². The average Bonchev–Trinajstić information content (AvgIpc) is 3.13. The Morgan fingerprint density at radius 1 is 1.22 bits per heavy atom. The lowest BCUT2D eigenvalue weighted by molar-refractivity contribution is 0.313. The van der Waals surface area contributed by atoms with E-state index in [0.717, 1.165) is 31.9 Å². The lowest BCUT2D eigenvalue weighted by atomic mass is 10.2. The zero-order valence-electron chi connectivity index (χ0n) is 15.6. The van der Waals surface area contributed by atoms with Crippen LogP contribution in [0.1, 0.15) is 4.88 Å². The van der Waals surface area contributed by atoms with Crippen molar-refractivity contribution < 1.29 is 13.2 Å². The number of thioether (sulfide) groups is 1. The van der Waals surface area contributed by atoms with Crippen molar-refractivity contribution in [3.63, 3.8) is 0 Å². The molecule has 1 N–H and O–H groups in total. The van der Waals surface area contributed by atoms with Gasteiger partial charge in [0.1, 0.15) is 0 Å². The number of hydrogen-bond acceptors (Lipinski definition) is 8. The number of rotatable bonds is 5. The fraction of sp³-hybridized carbons (Fsp3) is 0.389. The van der Waals surface area contributed by atoms with Crippen LogP contribution < -0.4 is 4.90 Å². The highest BCUT2D eigenvalue weighted by Gasteiger charge is 2.26. The van der Waals surface area contributed by atoms with E-state index in [-0.39, 0.29) is 15.7 Å². The van der Waals surface area contributed by atoms with Crippen molar-refractivity contribution >= 4 is 44.5 Å². The first-order valence-electron chi connectivity index (χ1n) is 8.46. The van der Waals surface area contributed by atoms with Crippen LogP contribution in [0.3, 0.4) is 0 Å². The number of benzene rings is 1. The fourth-order valence-corrected chi connectivity index (χ4v) is 6.90. The van der Waals surface area contributed by atoms with Crippen LogP contribution in [0.25, 0.3) is 0 Å². The molecular formula is C18H23N3O3S3. The van der Waals surface area contributed by atoms with Crippen molar-refractivity contribution in [2.75, 3.05) is 51.5 Å². The Morgan fingerprint density at radius 3 is 2.56 bits per heavy atom. The smallest absolute Gasteiger partial charge is 0.223 e. The van der Waals surface area contributed by atoms with Crippen LogP contribution in [-0.2, 0) is 14.6 Å². The molecule has 146 valence electrons. The van der Waals surface area contributed by atoms with Gasteiger partial charge in [0.05, 0.1) is 26.0 Å². The third-order valence-electron chi connectivity index (χ3n) is 4.57. The van der Waals surface area contributed by atoms with E-state index in [1.165, 1.54) is 30.2 Å². The van der Waals surface area contributed by atoms with Gasteiger partial charge in [-0.25, -0.2) is 8.42 Å². The first-order valence-corrected chi connectivity index (χ1v) is 12.0. The van der Waals surface area contributed by atoms with Crippen LogP contribution in [0.5, 0.6) is 0 Å². The molecule has 9 heteroatoms. The number of methoxy groups -OCH3 is 1. The molecule has 1 aromatic carbocycles. The van der Waals surface area contributed by atoms with Crippen molar-refractivity contribution in [2.45, 2.75) is 14.0 Å². The molecule has 1 saturated heterocycles. The molecule has 1 aliphatic heterocycles. The van der Waals surface area contributed by atoms with Crippen LogP contribution in [0, 0.1) is 5.41 Å². The maximum Gasteiger partial charge on any atom is 0.223 e. The molecule has 0 spiro atoms. The number of thiophene rings is 1. The van der Waals surface area contributed by atoms with Crippen LogP contribution >= 0.6 is 23.1 Å². The van der Waals surface area contributed by atoms with Gasteiger partial charge >= 0.3 is 0 Å². The monoisotopic (exact) mass is 425 g/mol. The maximum absolute atomic E-state index is 13.3. The van der Waals surface area contributed by atoms with Gasteiger partial charge in [-0.2, -0.15) is 0 Å². The average molecular weight is 426 g/mol. The molecule has 0 amide bonds. The summed E-state index contributed by atoms with van der Waals surface area (Å²) in [7, 11) is -0.172. The van der Waals surface area contributed by atoms with Crippen molar-refractivity contribution in [3.8, 4) is 0 Å². The summed E-state index contributed by atoms with van der Waals surface area (Å²) in [4.78, 5) is 5.51. The van der Waals surface area contributed by atoms with Gasteiger partial charge in [-0.05, 0) is 37.6 Å². The number of anilines is 1. The maximum atomic E-state index is 13.3. The molecule has 6 nitrogen and oxygen atoms in total. The Bertz CT molecular complexity index is 932. The molecule has 27 heavy (non-hydrogen) atoms. The number of sulfone groups is 1. The molecule has 0 radical (unpaired) electrons. The van der Waals surface area contributed by atoms with Crippen LogP contribution in [-0.4, -0.2) is 65.8 Å². The fourth-order valence-electron chi connectivity index (χ4n) is 2.94. The van der Waals surface area contributed by atoms with Crippen molar-refractivity contribution in [1.29, 1.82) is 5.41 Å². The number of piperazine rings is 1. The van der Waals surface area contributed by atoms with Crippen molar-refractivity contribution in [3.05, 3.63) is 35.2 Å². The van der Waals surface area contributed by atoms with Gasteiger partial charge in [0, 0.05) is 31.9 Å². The standard InChI is InChI=1S/C18H23N3O3S3/c1-20-7-9-21(10-8-20)13-5-4-6-14(11-13)27(22,23)16-12-15(17(19)24-2)26-18(16)25-3/h4-6,11-12,19H,7-10H2,1-3H3. The number of nitrogens with one attached hydrogen (secondary N) is 1. The second kappa shape index (κ2) is 8.22. The molecular weight excluding hydrogens is 402 g/mol. The van der Waals surface area contributed by atoms with E-state index in [2.05, 4.69) is 16.8 Å². The molecule has 2 heterocycles. The molecule has 1 aliphatic rings. The quantitative estimate of drug-likeness (QED) is 0.451. The van der Waals surface area contributed by atoms with Gasteiger partial charge in [-0.1, -0.05) is 6.07 Å². The lowest BCUT2D eigenvalue weighted by Gasteiger charge is -2.34. The predicted molar refractivity (Wildman–Crippen MR) is 112 cm³/mol. The highest BCUT2D eigenvalue weighted by atomic mass is 32.2. The largest absolute Gasteiger partial charge is 0.480 e. The third kappa shape index (κ3) is 4.16. The van der Waals surface area contributed by atoms with Crippen molar-refractivity contribution in [2.24, 2.45) is 0 Å². The minimum Gasteiger partial charge on any atom is -0.480 e. The zero-order chi connectivity index (χ0) is 19.6. The van der Waals surface area contributed by atoms with E-state index in [0.29, 0.717) is 9.09 Å². The van der Waals surface area contributed by atoms with Gasteiger partial charge in [-0.15, -0.1) is 23.1 Å². The van der Waals surface area contributed by atoms with E-state index < -0.39 is 9.84 Å². The normalized spacial score (nSPS) is 15.7. The molecule has 2 aromatic rings. The number of nitrogens with zero attached hydrogens (tertiary/aromatic N) is 2. The molecule has 0 saturated carbocycles. The minimum absolute atomic E-state index is 0.0251. The Labute approximate surface area is 168 Å². The second-order valence-corrected chi connectivity index (χ2v) is 10.3. The van der Waals surface area contributed by atoms with Gasteiger partial charge in [0.2, 0.25) is 15.7 Å². The first-order chi connectivity index (χ1) is 12.9. The number of ether oxygens (including phenoxy) is 1. The number of likely N-dealkylation sites (N-methyl/N-ethyl adjacent to an activating group) is 1. The van der Waals surface area contributed by atoms with E-state index in [1.54, 1.807) is 24.3 Å². The van der Waals surface area contributed by atoms with Crippen molar-refractivity contribution in [1.82, 2.24) is 4.90 Å². The van der Waals surface area contributed by atoms with Gasteiger partial charge in [0.25, 0.3) is 0 Å². The summed E-state index contributed by atoms with van der Waals surface area (Å²) in [5.74, 6) is -0.0251. The Kier molecular flexibility index (Phi) is 6.15. The highest BCUT2D eigenvalue weighted by molar-refractivity contribution is 8.01. The van der Waals surface area contributed by atoms with Gasteiger partial charge in [0.15, 0.2) is 0 Å². The molecule has 0 atom stereocenters. The Hall–Kier alpha value is -1.55. The topological polar surface area (TPSA) is 73.7 Å². The zero-order valence-corrected chi connectivity index (χ0v) is 18.0. The molecule has 0 aliphatic carbocycles. The molecule has 1 aromatic heterocycles.